The van der Waals surface area contributed by atoms with Crippen LogP contribution < -0.4 is 4.74 Å². The zero-order chi connectivity index (χ0) is 13.5. The highest BCUT2D eigenvalue weighted by molar-refractivity contribution is 5.72. The molecule has 1 aromatic rings. The predicted octanol–water partition coefficient (Wildman–Crippen LogP) is 1.72. The van der Waals surface area contributed by atoms with Gasteiger partial charge in [-0.1, -0.05) is 13.8 Å². The van der Waals surface area contributed by atoms with Gasteiger partial charge in [-0.3, -0.25) is 9.78 Å². The molecular weight excluding hydrogens is 232 g/mol. The first kappa shape index (κ1) is 14.0. The Hall–Kier alpha value is -2.09. The molecule has 18 heavy (non-hydrogen) atoms. The molecule has 0 spiro atoms. The summed E-state index contributed by atoms with van der Waals surface area (Å²) in [5, 5.41) is 8.82. The number of methoxy groups -OCH3 is 1. The molecule has 5 heteroatoms. The van der Waals surface area contributed by atoms with E-state index in [1.807, 2.05) is 19.9 Å². The second-order valence-corrected chi connectivity index (χ2v) is 4.15. The number of ether oxygens (including phenoxy) is 2. The second-order valence-electron chi connectivity index (χ2n) is 4.15. The number of esters is 1. The third-order valence-corrected chi connectivity index (χ3v) is 2.35. The Morgan fingerprint density at radius 1 is 1.50 bits per heavy atom. The quantitative estimate of drug-likeness (QED) is 0.742. The van der Waals surface area contributed by atoms with Gasteiger partial charge in [0.25, 0.3) is 0 Å². The van der Waals surface area contributed by atoms with Crippen LogP contribution in [0, 0.1) is 17.2 Å². The molecule has 96 valence electrons. The van der Waals surface area contributed by atoms with Crippen molar-refractivity contribution in [1.82, 2.24) is 4.98 Å². The Morgan fingerprint density at radius 2 is 2.22 bits per heavy atom. The molecule has 0 saturated heterocycles. The summed E-state index contributed by atoms with van der Waals surface area (Å²) in [5.41, 5.74) is 0.584. The maximum atomic E-state index is 11.6. The normalized spacial score (nSPS) is 11.7. The average Bonchev–Trinajstić information content (AvgIpc) is 2.36. The Labute approximate surface area is 106 Å². The summed E-state index contributed by atoms with van der Waals surface area (Å²) >= 11 is 0. The van der Waals surface area contributed by atoms with E-state index in [-0.39, 0.29) is 12.3 Å². The van der Waals surface area contributed by atoms with Crippen LogP contribution in [0.15, 0.2) is 18.3 Å². The maximum absolute atomic E-state index is 11.6. The summed E-state index contributed by atoms with van der Waals surface area (Å²) in [4.78, 5) is 15.7. The number of nitrogens with zero attached hydrogens (tertiary/aromatic N) is 2. The van der Waals surface area contributed by atoms with E-state index in [9.17, 15) is 4.79 Å². The van der Waals surface area contributed by atoms with E-state index in [0.29, 0.717) is 11.4 Å². The van der Waals surface area contributed by atoms with Gasteiger partial charge in [0.05, 0.1) is 25.4 Å². The minimum atomic E-state index is -0.712. The molecule has 1 rings (SSSR count). The van der Waals surface area contributed by atoms with Gasteiger partial charge in [0.1, 0.15) is 11.8 Å². The van der Waals surface area contributed by atoms with Crippen molar-refractivity contribution >= 4 is 5.97 Å². The molecule has 1 unspecified atom stereocenters. The van der Waals surface area contributed by atoms with Crippen molar-refractivity contribution in [3.63, 3.8) is 0 Å². The number of hydrogen-bond donors (Lipinski definition) is 0. The van der Waals surface area contributed by atoms with Crippen LogP contribution in [-0.2, 0) is 16.0 Å². The fourth-order valence-corrected chi connectivity index (χ4v) is 1.28. The number of carbonyl (C=O) groups is 1. The van der Waals surface area contributed by atoms with Crippen LogP contribution in [0.1, 0.15) is 19.5 Å². The van der Waals surface area contributed by atoms with Crippen LogP contribution in [0.4, 0.5) is 0 Å². The number of rotatable bonds is 5. The molecule has 0 aliphatic rings. The lowest BCUT2D eigenvalue weighted by Crippen LogP contribution is -2.23. The standard InChI is InChI=1S/C13H16N2O3/c1-9(2)12(7-14)18-13(16)6-10-4-5-11(17-3)8-15-10/h4-5,8-9,12H,6H2,1-3H3. The smallest absolute Gasteiger partial charge is 0.313 e. The molecule has 0 bridgehead atoms. The van der Waals surface area contributed by atoms with Crippen LogP contribution in [0.5, 0.6) is 5.75 Å². The molecule has 0 amide bonds. The van der Waals surface area contributed by atoms with Gasteiger partial charge in [-0.25, -0.2) is 0 Å². The Balaban J connectivity index is 2.56. The average molecular weight is 248 g/mol. The van der Waals surface area contributed by atoms with Gasteiger partial charge in [-0.15, -0.1) is 0 Å². The molecule has 0 aliphatic heterocycles. The fraction of sp³-hybridized carbons (Fsp3) is 0.462. The molecule has 0 radical (unpaired) electrons. The van der Waals surface area contributed by atoms with Gasteiger partial charge < -0.3 is 9.47 Å². The lowest BCUT2D eigenvalue weighted by Gasteiger charge is -2.13. The molecule has 1 aromatic heterocycles. The van der Waals surface area contributed by atoms with Gasteiger partial charge in [-0.2, -0.15) is 5.26 Å². The molecular formula is C13H16N2O3. The molecule has 0 fully saturated rings. The van der Waals surface area contributed by atoms with Crippen LogP contribution in [-0.4, -0.2) is 24.2 Å². The Morgan fingerprint density at radius 3 is 2.67 bits per heavy atom. The summed E-state index contributed by atoms with van der Waals surface area (Å²) in [6, 6.07) is 5.37. The van der Waals surface area contributed by atoms with Crippen molar-refractivity contribution in [2.24, 2.45) is 5.92 Å². The first-order valence-electron chi connectivity index (χ1n) is 5.64. The van der Waals surface area contributed by atoms with Crippen molar-refractivity contribution in [2.75, 3.05) is 7.11 Å². The Bertz CT molecular complexity index is 435. The van der Waals surface area contributed by atoms with Gasteiger partial charge in [0, 0.05) is 5.92 Å². The molecule has 1 heterocycles. The third kappa shape index (κ3) is 4.06. The highest BCUT2D eigenvalue weighted by atomic mass is 16.5. The zero-order valence-electron chi connectivity index (χ0n) is 10.7. The van der Waals surface area contributed by atoms with Crippen molar-refractivity contribution in [3.8, 4) is 11.8 Å². The van der Waals surface area contributed by atoms with E-state index in [2.05, 4.69) is 4.98 Å². The zero-order valence-corrected chi connectivity index (χ0v) is 10.7. The third-order valence-electron chi connectivity index (χ3n) is 2.35. The van der Waals surface area contributed by atoms with E-state index in [1.54, 1.807) is 19.2 Å². The van der Waals surface area contributed by atoms with E-state index >= 15 is 0 Å². The van der Waals surface area contributed by atoms with Gasteiger partial charge in [0.15, 0.2) is 6.10 Å². The van der Waals surface area contributed by atoms with E-state index in [1.165, 1.54) is 6.20 Å². The number of carbonyl (C=O) groups excluding carboxylic acids is 1. The van der Waals surface area contributed by atoms with Crippen molar-refractivity contribution in [3.05, 3.63) is 24.0 Å². The fourth-order valence-electron chi connectivity index (χ4n) is 1.28. The summed E-state index contributed by atoms with van der Waals surface area (Å²) < 4.78 is 10.0. The number of pyridine rings is 1. The number of nitriles is 1. The van der Waals surface area contributed by atoms with Crippen molar-refractivity contribution < 1.29 is 14.3 Å². The first-order chi connectivity index (χ1) is 8.56. The summed E-state index contributed by atoms with van der Waals surface area (Å²) in [7, 11) is 1.55. The summed E-state index contributed by atoms with van der Waals surface area (Å²) in [6.45, 7) is 3.65. The SMILES string of the molecule is COc1ccc(CC(=O)OC(C#N)C(C)C)nc1. The Kier molecular flexibility index (Phi) is 5.12. The van der Waals surface area contributed by atoms with Gasteiger partial charge >= 0.3 is 5.97 Å². The molecule has 0 saturated carbocycles. The molecule has 0 N–H and O–H groups in total. The topological polar surface area (TPSA) is 72.2 Å². The van der Waals surface area contributed by atoms with E-state index in [0.717, 1.165) is 0 Å². The molecule has 0 aromatic carbocycles. The van der Waals surface area contributed by atoms with Crippen molar-refractivity contribution in [1.29, 1.82) is 5.26 Å². The van der Waals surface area contributed by atoms with E-state index in [4.69, 9.17) is 14.7 Å². The largest absolute Gasteiger partial charge is 0.495 e. The second kappa shape index (κ2) is 6.60. The van der Waals surface area contributed by atoms with Crippen LogP contribution in [0.2, 0.25) is 0 Å². The maximum Gasteiger partial charge on any atom is 0.313 e. The predicted molar refractivity (Wildman–Crippen MR) is 64.8 cm³/mol. The van der Waals surface area contributed by atoms with Crippen LogP contribution in [0.3, 0.4) is 0 Å². The van der Waals surface area contributed by atoms with Crippen LogP contribution >= 0.6 is 0 Å². The monoisotopic (exact) mass is 248 g/mol. The highest BCUT2D eigenvalue weighted by Crippen LogP contribution is 2.10. The highest BCUT2D eigenvalue weighted by Gasteiger charge is 2.17. The summed E-state index contributed by atoms with van der Waals surface area (Å²) in [5.74, 6) is 0.153. The minimum Gasteiger partial charge on any atom is -0.495 e. The molecule has 0 aliphatic carbocycles. The van der Waals surface area contributed by atoms with Crippen LogP contribution in [0.25, 0.3) is 0 Å². The summed E-state index contributed by atoms with van der Waals surface area (Å²) in [6.07, 6.45) is 0.873. The lowest BCUT2D eigenvalue weighted by atomic mass is 10.1. The van der Waals surface area contributed by atoms with E-state index < -0.39 is 12.1 Å². The first-order valence-corrected chi connectivity index (χ1v) is 5.64. The minimum absolute atomic E-state index is 0.0252. The molecule has 1 atom stereocenters. The number of hydrogen-bond acceptors (Lipinski definition) is 5. The number of aromatic nitrogens is 1. The lowest BCUT2D eigenvalue weighted by molar-refractivity contribution is -0.147. The van der Waals surface area contributed by atoms with Crippen molar-refractivity contribution in [2.45, 2.75) is 26.4 Å². The van der Waals surface area contributed by atoms with Gasteiger partial charge in [0.2, 0.25) is 0 Å². The molecule has 5 nitrogen and oxygen atoms in total. The van der Waals surface area contributed by atoms with Gasteiger partial charge in [-0.05, 0) is 12.1 Å².